The standard InChI is InChI=1S/C28H23F3N4O4/c29-19-5-3-6-20(30)25(19)26-21(31)9-10-22(33-26)27(37)32-18-14-28(15-18)12-13-34(16-28)24(36)11-8-17-4-1-2-7-23(17)35(38)39/h1-11,18H,12-16H2,(H,32,37)/b11-8+. The van der Waals surface area contributed by atoms with Crippen molar-refractivity contribution in [1.82, 2.24) is 15.2 Å². The van der Waals surface area contributed by atoms with Crippen LogP contribution in [0.5, 0.6) is 0 Å². The molecule has 200 valence electrons. The van der Waals surface area contributed by atoms with Crippen molar-refractivity contribution in [3.63, 3.8) is 0 Å². The molecule has 2 aromatic carbocycles. The van der Waals surface area contributed by atoms with Crippen molar-refractivity contribution >= 4 is 23.6 Å². The fourth-order valence-corrected chi connectivity index (χ4v) is 5.33. The maximum atomic E-state index is 14.3. The predicted molar refractivity (Wildman–Crippen MR) is 136 cm³/mol. The van der Waals surface area contributed by atoms with Gasteiger partial charge in [-0.05, 0) is 61.1 Å². The molecular weight excluding hydrogens is 513 g/mol. The van der Waals surface area contributed by atoms with Crippen molar-refractivity contribution in [3.05, 3.63) is 99.5 Å². The van der Waals surface area contributed by atoms with Gasteiger partial charge < -0.3 is 10.2 Å². The third-order valence-electron chi connectivity index (χ3n) is 7.26. The fraction of sp³-hybridized carbons (Fsp3) is 0.250. The first kappa shape index (κ1) is 26.1. The van der Waals surface area contributed by atoms with E-state index in [1.807, 2.05) is 0 Å². The number of rotatable bonds is 6. The molecule has 2 amide bonds. The van der Waals surface area contributed by atoms with Crippen LogP contribution in [0.3, 0.4) is 0 Å². The molecule has 2 fully saturated rings. The summed E-state index contributed by atoms with van der Waals surface area (Å²) in [5.41, 5.74) is -1.29. The third-order valence-corrected chi connectivity index (χ3v) is 7.26. The number of hydrogen-bond acceptors (Lipinski definition) is 5. The number of nitro groups is 1. The Morgan fingerprint density at radius 2 is 1.74 bits per heavy atom. The van der Waals surface area contributed by atoms with E-state index < -0.39 is 39.5 Å². The Labute approximate surface area is 221 Å². The second-order valence-corrected chi connectivity index (χ2v) is 9.86. The summed E-state index contributed by atoms with van der Waals surface area (Å²) in [4.78, 5) is 41.7. The molecule has 11 heteroatoms. The highest BCUT2D eigenvalue weighted by atomic mass is 19.1. The number of para-hydroxylation sites is 1. The Morgan fingerprint density at radius 3 is 2.46 bits per heavy atom. The number of halogens is 3. The van der Waals surface area contributed by atoms with Crippen LogP contribution in [0.2, 0.25) is 0 Å². The van der Waals surface area contributed by atoms with Gasteiger partial charge in [-0.1, -0.05) is 18.2 Å². The smallest absolute Gasteiger partial charge is 0.276 e. The van der Waals surface area contributed by atoms with E-state index in [1.165, 1.54) is 18.2 Å². The maximum absolute atomic E-state index is 14.3. The number of benzene rings is 2. The molecule has 8 nitrogen and oxygen atoms in total. The molecule has 2 aliphatic rings. The van der Waals surface area contributed by atoms with E-state index in [1.54, 1.807) is 23.1 Å². The minimum atomic E-state index is -0.989. The van der Waals surface area contributed by atoms with Gasteiger partial charge in [0.2, 0.25) is 5.91 Å². The monoisotopic (exact) mass is 536 g/mol. The molecular formula is C28H23F3N4O4. The Morgan fingerprint density at radius 1 is 1.03 bits per heavy atom. The summed E-state index contributed by atoms with van der Waals surface area (Å²) >= 11 is 0. The van der Waals surface area contributed by atoms with E-state index in [2.05, 4.69) is 10.3 Å². The van der Waals surface area contributed by atoms with Gasteiger partial charge in [0.05, 0.1) is 16.1 Å². The Bertz CT molecular complexity index is 1480. The van der Waals surface area contributed by atoms with Gasteiger partial charge >= 0.3 is 0 Å². The van der Waals surface area contributed by atoms with E-state index in [4.69, 9.17) is 0 Å². The van der Waals surface area contributed by atoms with Crippen LogP contribution in [0.25, 0.3) is 17.3 Å². The SMILES string of the molecule is O=C(NC1CC2(CCN(C(=O)/C=C/c3ccccc3[N+](=O)[O-])C2)C1)c1ccc(F)c(-c2c(F)cccc2F)n1. The normalized spacial score (nSPS) is 20.3. The predicted octanol–water partition coefficient (Wildman–Crippen LogP) is 4.90. The number of nitrogens with one attached hydrogen (secondary N) is 1. The highest BCUT2D eigenvalue weighted by Crippen LogP contribution is 2.48. The first-order valence-electron chi connectivity index (χ1n) is 12.3. The molecule has 1 saturated heterocycles. The van der Waals surface area contributed by atoms with E-state index in [0.717, 1.165) is 36.8 Å². The molecule has 1 saturated carbocycles. The summed E-state index contributed by atoms with van der Waals surface area (Å²) < 4.78 is 42.6. The summed E-state index contributed by atoms with van der Waals surface area (Å²) in [6.07, 6.45) is 4.75. The van der Waals surface area contributed by atoms with E-state index in [9.17, 15) is 32.9 Å². The molecule has 1 N–H and O–H groups in total. The van der Waals surface area contributed by atoms with Gasteiger partial charge in [-0.15, -0.1) is 0 Å². The molecule has 39 heavy (non-hydrogen) atoms. The highest BCUT2D eigenvalue weighted by molar-refractivity contribution is 5.93. The van der Waals surface area contributed by atoms with E-state index in [-0.39, 0.29) is 28.7 Å². The van der Waals surface area contributed by atoms with Crippen molar-refractivity contribution in [3.8, 4) is 11.3 Å². The minimum Gasteiger partial charge on any atom is -0.348 e. The zero-order chi connectivity index (χ0) is 27.7. The van der Waals surface area contributed by atoms with Crippen LogP contribution in [0.4, 0.5) is 18.9 Å². The molecule has 1 aliphatic carbocycles. The number of hydrogen-bond donors (Lipinski definition) is 1. The molecule has 1 aliphatic heterocycles. The zero-order valence-corrected chi connectivity index (χ0v) is 20.6. The lowest BCUT2D eigenvalue weighted by atomic mass is 9.65. The van der Waals surface area contributed by atoms with Gasteiger partial charge in [0.15, 0.2) is 0 Å². The van der Waals surface area contributed by atoms with Gasteiger partial charge in [0.1, 0.15) is 28.8 Å². The number of nitrogens with zero attached hydrogens (tertiary/aromatic N) is 3. The average Bonchev–Trinajstić information content (AvgIpc) is 3.34. The van der Waals surface area contributed by atoms with Gasteiger partial charge in [-0.25, -0.2) is 18.2 Å². The number of pyridine rings is 1. The van der Waals surface area contributed by atoms with Crippen LogP contribution < -0.4 is 5.32 Å². The van der Waals surface area contributed by atoms with Crippen molar-refractivity contribution in [2.75, 3.05) is 13.1 Å². The zero-order valence-electron chi connectivity index (χ0n) is 20.6. The van der Waals surface area contributed by atoms with Crippen molar-refractivity contribution < 1.29 is 27.7 Å². The minimum absolute atomic E-state index is 0.0844. The molecule has 0 bridgehead atoms. The Balaban J connectivity index is 1.19. The van der Waals surface area contributed by atoms with Crippen molar-refractivity contribution in [2.24, 2.45) is 5.41 Å². The number of carbonyl (C=O) groups is 2. The Hall–Kier alpha value is -4.54. The second-order valence-electron chi connectivity index (χ2n) is 9.86. The Kier molecular flexibility index (Phi) is 6.90. The fourth-order valence-electron chi connectivity index (χ4n) is 5.33. The largest absolute Gasteiger partial charge is 0.348 e. The topological polar surface area (TPSA) is 105 Å². The lowest BCUT2D eigenvalue weighted by molar-refractivity contribution is -0.385. The molecule has 0 unspecified atom stereocenters. The highest BCUT2D eigenvalue weighted by Gasteiger charge is 2.49. The summed E-state index contributed by atoms with van der Waals surface area (Å²) in [5, 5.41) is 14.0. The van der Waals surface area contributed by atoms with Gasteiger partial charge in [-0.3, -0.25) is 19.7 Å². The van der Waals surface area contributed by atoms with Gasteiger partial charge in [-0.2, -0.15) is 0 Å². The van der Waals surface area contributed by atoms with Crippen LogP contribution in [-0.2, 0) is 4.79 Å². The van der Waals surface area contributed by atoms with Crippen LogP contribution in [-0.4, -0.2) is 45.8 Å². The average molecular weight is 537 g/mol. The van der Waals surface area contributed by atoms with Crippen LogP contribution >= 0.6 is 0 Å². The summed E-state index contributed by atoms with van der Waals surface area (Å²) in [6, 6.07) is 11.2. The number of likely N-dealkylation sites (tertiary alicyclic amines) is 1. The second kappa shape index (κ2) is 10.3. The summed E-state index contributed by atoms with van der Waals surface area (Å²) in [5.74, 6) is -3.77. The molecule has 1 spiro atoms. The first-order chi connectivity index (χ1) is 18.7. The quantitative estimate of drug-likeness (QED) is 0.274. The number of amides is 2. The van der Waals surface area contributed by atoms with Gasteiger partial charge in [0.25, 0.3) is 11.6 Å². The van der Waals surface area contributed by atoms with Crippen LogP contribution in [0.15, 0.2) is 60.7 Å². The molecule has 2 heterocycles. The lowest BCUT2D eigenvalue weighted by Gasteiger charge is -2.45. The van der Waals surface area contributed by atoms with Gasteiger partial charge in [0, 0.05) is 31.3 Å². The van der Waals surface area contributed by atoms with Crippen LogP contribution in [0, 0.1) is 33.0 Å². The third kappa shape index (κ3) is 5.25. The summed E-state index contributed by atoms with van der Waals surface area (Å²) in [7, 11) is 0. The number of carbonyl (C=O) groups excluding carboxylic acids is 2. The maximum Gasteiger partial charge on any atom is 0.276 e. The molecule has 0 radical (unpaired) electrons. The molecule has 3 aromatic rings. The molecule has 0 atom stereocenters. The number of aromatic nitrogens is 1. The van der Waals surface area contributed by atoms with Crippen molar-refractivity contribution in [1.29, 1.82) is 0 Å². The van der Waals surface area contributed by atoms with E-state index in [0.29, 0.717) is 31.5 Å². The summed E-state index contributed by atoms with van der Waals surface area (Å²) in [6.45, 7) is 1.02. The molecule has 5 rings (SSSR count). The first-order valence-corrected chi connectivity index (χ1v) is 12.3. The molecule has 1 aromatic heterocycles. The number of nitro benzene ring substituents is 1. The van der Waals surface area contributed by atoms with Crippen LogP contribution in [0.1, 0.15) is 35.3 Å². The van der Waals surface area contributed by atoms with E-state index >= 15 is 0 Å². The lowest BCUT2D eigenvalue weighted by Crippen LogP contribution is -2.52. The van der Waals surface area contributed by atoms with Crippen molar-refractivity contribution in [2.45, 2.75) is 25.3 Å².